The molecule has 1 aromatic rings. The third-order valence-electron chi connectivity index (χ3n) is 4.64. The maximum absolute atomic E-state index is 3.54. The van der Waals surface area contributed by atoms with Crippen molar-refractivity contribution in [2.75, 3.05) is 20.1 Å². The van der Waals surface area contributed by atoms with Crippen LogP contribution in [0.3, 0.4) is 0 Å². The summed E-state index contributed by atoms with van der Waals surface area (Å²) in [6.07, 6.45) is 3.90. The Balaban J connectivity index is 2.11. The molecule has 0 aliphatic carbocycles. The minimum Gasteiger partial charge on any atom is -0.312 e. The van der Waals surface area contributed by atoms with Crippen molar-refractivity contribution in [2.24, 2.45) is 5.92 Å². The highest BCUT2D eigenvalue weighted by Crippen LogP contribution is 2.29. The molecule has 1 aromatic carbocycles. The standard InChI is InChI=1S/C17H28N2/c1-4-14-11-12-19(13-14)16(5-2)17(18-3)15-9-7-6-8-10-15/h6-10,14,16-18H,4-5,11-13H2,1-3H3. The zero-order chi connectivity index (χ0) is 13.7. The first kappa shape index (κ1) is 14.5. The van der Waals surface area contributed by atoms with Crippen molar-refractivity contribution in [3.8, 4) is 0 Å². The summed E-state index contributed by atoms with van der Waals surface area (Å²) in [6.45, 7) is 7.18. The molecule has 1 aliphatic heterocycles. The van der Waals surface area contributed by atoms with Crippen molar-refractivity contribution in [3.63, 3.8) is 0 Å². The van der Waals surface area contributed by atoms with Crippen molar-refractivity contribution in [3.05, 3.63) is 35.9 Å². The highest BCUT2D eigenvalue weighted by molar-refractivity contribution is 5.20. The smallest absolute Gasteiger partial charge is 0.0475 e. The van der Waals surface area contributed by atoms with E-state index in [4.69, 9.17) is 0 Å². The van der Waals surface area contributed by atoms with Crippen LogP contribution in [-0.2, 0) is 0 Å². The molecule has 0 spiro atoms. The van der Waals surface area contributed by atoms with E-state index in [9.17, 15) is 0 Å². The quantitative estimate of drug-likeness (QED) is 0.842. The zero-order valence-corrected chi connectivity index (χ0v) is 12.6. The van der Waals surface area contributed by atoms with Crippen LogP contribution in [0.1, 0.15) is 44.7 Å². The molecule has 1 heterocycles. The van der Waals surface area contributed by atoms with Crippen LogP contribution in [0.5, 0.6) is 0 Å². The molecular formula is C17H28N2. The SMILES string of the molecule is CCC1CCN(C(CC)C(NC)c2ccccc2)C1. The van der Waals surface area contributed by atoms with Crippen LogP contribution < -0.4 is 5.32 Å². The van der Waals surface area contributed by atoms with Gasteiger partial charge in [0.05, 0.1) is 0 Å². The molecule has 1 fully saturated rings. The molecular weight excluding hydrogens is 232 g/mol. The van der Waals surface area contributed by atoms with E-state index in [1.54, 1.807) is 0 Å². The average Bonchev–Trinajstić information content (AvgIpc) is 2.94. The normalized spacial score (nSPS) is 23.4. The molecule has 1 N–H and O–H groups in total. The van der Waals surface area contributed by atoms with E-state index in [-0.39, 0.29) is 0 Å². The summed E-state index contributed by atoms with van der Waals surface area (Å²) in [5, 5.41) is 3.54. The van der Waals surface area contributed by atoms with Gasteiger partial charge in [0.15, 0.2) is 0 Å². The van der Waals surface area contributed by atoms with E-state index in [0.29, 0.717) is 12.1 Å². The van der Waals surface area contributed by atoms with Crippen LogP contribution in [0.15, 0.2) is 30.3 Å². The maximum Gasteiger partial charge on any atom is 0.0475 e. The van der Waals surface area contributed by atoms with Crippen LogP contribution >= 0.6 is 0 Å². The first-order valence-electron chi connectivity index (χ1n) is 7.76. The molecule has 3 unspecified atom stereocenters. The fourth-order valence-electron chi connectivity index (χ4n) is 3.44. The summed E-state index contributed by atoms with van der Waals surface area (Å²) in [6, 6.07) is 11.9. The third kappa shape index (κ3) is 3.37. The van der Waals surface area contributed by atoms with Gasteiger partial charge in [-0.25, -0.2) is 0 Å². The van der Waals surface area contributed by atoms with Gasteiger partial charge in [-0.1, -0.05) is 50.6 Å². The van der Waals surface area contributed by atoms with Crippen molar-refractivity contribution in [1.82, 2.24) is 10.2 Å². The van der Waals surface area contributed by atoms with Gasteiger partial charge in [-0.3, -0.25) is 4.90 Å². The van der Waals surface area contributed by atoms with Crippen molar-refractivity contribution >= 4 is 0 Å². The van der Waals surface area contributed by atoms with E-state index in [0.717, 1.165) is 5.92 Å². The van der Waals surface area contributed by atoms with Gasteiger partial charge in [0.25, 0.3) is 0 Å². The van der Waals surface area contributed by atoms with Gasteiger partial charge in [-0.15, -0.1) is 0 Å². The van der Waals surface area contributed by atoms with Gasteiger partial charge in [0.2, 0.25) is 0 Å². The van der Waals surface area contributed by atoms with Crippen LogP contribution in [0.4, 0.5) is 0 Å². The van der Waals surface area contributed by atoms with Crippen molar-refractivity contribution < 1.29 is 0 Å². The molecule has 19 heavy (non-hydrogen) atoms. The molecule has 1 aliphatic rings. The first-order valence-corrected chi connectivity index (χ1v) is 7.76. The Labute approximate surface area is 118 Å². The number of benzene rings is 1. The average molecular weight is 260 g/mol. The topological polar surface area (TPSA) is 15.3 Å². The molecule has 0 bridgehead atoms. The van der Waals surface area contributed by atoms with E-state index in [1.807, 2.05) is 0 Å². The Kier molecular flexibility index (Phi) is 5.41. The fourth-order valence-corrected chi connectivity index (χ4v) is 3.44. The van der Waals surface area contributed by atoms with Gasteiger partial charge in [0.1, 0.15) is 0 Å². The molecule has 0 saturated carbocycles. The number of hydrogen-bond acceptors (Lipinski definition) is 2. The molecule has 0 amide bonds. The highest BCUT2D eigenvalue weighted by Gasteiger charge is 2.31. The predicted octanol–water partition coefficient (Wildman–Crippen LogP) is 3.46. The summed E-state index contributed by atoms with van der Waals surface area (Å²) in [7, 11) is 2.09. The number of hydrogen-bond donors (Lipinski definition) is 1. The Bertz CT molecular complexity index is 363. The number of likely N-dealkylation sites (tertiary alicyclic amines) is 1. The molecule has 106 valence electrons. The second-order valence-electron chi connectivity index (χ2n) is 5.71. The van der Waals surface area contributed by atoms with Gasteiger partial charge < -0.3 is 5.32 Å². The second-order valence-corrected chi connectivity index (χ2v) is 5.71. The van der Waals surface area contributed by atoms with E-state index < -0.39 is 0 Å². The molecule has 1 saturated heterocycles. The minimum atomic E-state index is 0.446. The first-order chi connectivity index (χ1) is 9.30. The summed E-state index contributed by atoms with van der Waals surface area (Å²) in [5.74, 6) is 0.905. The number of likely N-dealkylation sites (N-methyl/N-ethyl adjacent to an activating group) is 1. The molecule has 2 rings (SSSR count). The molecule has 2 nitrogen and oxygen atoms in total. The number of nitrogens with zero attached hydrogens (tertiary/aromatic N) is 1. The third-order valence-corrected chi connectivity index (χ3v) is 4.64. The molecule has 0 radical (unpaired) electrons. The summed E-state index contributed by atoms with van der Waals surface area (Å²) >= 11 is 0. The largest absolute Gasteiger partial charge is 0.312 e. The Morgan fingerprint density at radius 2 is 2.00 bits per heavy atom. The lowest BCUT2D eigenvalue weighted by molar-refractivity contribution is 0.183. The van der Waals surface area contributed by atoms with E-state index >= 15 is 0 Å². The van der Waals surface area contributed by atoms with Crippen molar-refractivity contribution in [1.29, 1.82) is 0 Å². The van der Waals surface area contributed by atoms with Crippen LogP contribution in [-0.4, -0.2) is 31.1 Å². The lowest BCUT2D eigenvalue weighted by Crippen LogP contribution is -2.42. The Morgan fingerprint density at radius 1 is 1.26 bits per heavy atom. The van der Waals surface area contributed by atoms with Crippen LogP contribution in [0, 0.1) is 5.92 Å². The van der Waals surface area contributed by atoms with Gasteiger partial charge in [-0.2, -0.15) is 0 Å². The molecule has 0 aromatic heterocycles. The monoisotopic (exact) mass is 260 g/mol. The highest BCUT2D eigenvalue weighted by atomic mass is 15.2. The van der Waals surface area contributed by atoms with Gasteiger partial charge >= 0.3 is 0 Å². The zero-order valence-electron chi connectivity index (χ0n) is 12.6. The van der Waals surface area contributed by atoms with Crippen LogP contribution in [0.25, 0.3) is 0 Å². The lowest BCUT2D eigenvalue weighted by Gasteiger charge is -2.34. The summed E-state index contributed by atoms with van der Waals surface area (Å²) in [4.78, 5) is 2.70. The van der Waals surface area contributed by atoms with E-state index in [1.165, 1.54) is 37.9 Å². The predicted molar refractivity (Wildman–Crippen MR) is 82.3 cm³/mol. The summed E-state index contributed by atoms with van der Waals surface area (Å²) in [5.41, 5.74) is 1.41. The van der Waals surface area contributed by atoms with E-state index in [2.05, 4.69) is 61.4 Å². The second kappa shape index (κ2) is 7.06. The molecule has 2 heteroatoms. The maximum atomic E-state index is 3.54. The lowest BCUT2D eigenvalue weighted by atomic mass is 9.96. The van der Waals surface area contributed by atoms with Crippen LogP contribution in [0.2, 0.25) is 0 Å². The Morgan fingerprint density at radius 3 is 2.53 bits per heavy atom. The number of nitrogens with one attached hydrogen (secondary N) is 1. The molecule has 3 atom stereocenters. The van der Waals surface area contributed by atoms with Gasteiger partial charge in [-0.05, 0) is 37.9 Å². The minimum absolute atomic E-state index is 0.446. The fraction of sp³-hybridized carbons (Fsp3) is 0.647. The summed E-state index contributed by atoms with van der Waals surface area (Å²) < 4.78 is 0. The number of rotatable bonds is 6. The van der Waals surface area contributed by atoms with Gasteiger partial charge in [0, 0.05) is 18.6 Å². The Hall–Kier alpha value is -0.860. The van der Waals surface area contributed by atoms with Crippen molar-refractivity contribution in [2.45, 2.75) is 45.2 Å².